The highest BCUT2D eigenvalue weighted by atomic mass is 16.6. The lowest BCUT2D eigenvalue weighted by Crippen LogP contribution is -2.47. The molecule has 2 aromatic rings. The molecule has 9 nitrogen and oxygen atoms in total. The first-order chi connectivity index (χ1) is 15.5. The lowest BCUT2D eigenvalue weighted by atomic mass is 10.0. The van der Waals surface area contributed by atoms with Gasteiger partial charge >= 0.3 is 23.8 Å². The van der Waals surface area contributed by atoms with Crippen molar-refractivity contribution in [3.05, 3.63) is 52.5 Å². The molecule has 34 heavy (non-hydrogen) atoms. The number of methoxy groups -OCH3 is 1. The Labute approximate surface area is 199 Å². The van der Waals surface area contributed by atoms with Crippen LogP contribution in [-0.2, 0) is 14.2 Å². The van der Waals surface area contributed by atoms with Crippen molar-refractivity contribution in [1.82, 2.24) is 0 Å². The fourth-order valence-electron chi connectivity index (χ4n) is 2.98. The summed E-state index contributed by atoms with van der Waals surface area (Å²) in [5.41, 5.74) is 0.229. The van der Waals surface area contributed by atoms with Crippen LogP contribution in [0.4, 0.5) is 15.3 Å². The molecular weight excluding hydrogens is 440 g/mol. The van der Waals surface area contributed by atoms with Gasteiger partial charge in [0, 0.05) is 5.56 Å². The van der Waals surface area contributed by atoms with Crippen LogP contribution in [0, 0.1) is 19.1 Å². The van der Waals surface area contributed by atoms with Crippen LogP contribution in [0.1, 0.15) is 63.2 Å². The Morgan fingerprint density at radius 1 is 0.853 bits per heavy atom. The second-order valence-corrected chi connectivity index (χ2v) is 9.88. The van der Waals surface area contributed by atoms with Crippen molar-refractivity contribution in [2.45, 2.75) is 66.6 Å². The molecule has 0 aliphatic heterocycles. The van der Waals surface area contributed by atoms with Crippen LogP contribution in [0.15, 0.2) is 30.5 Å². The van der Waals surface area contributed by atoms with E-state index in [0.29, 0.717) is 16.0 Å². The van der Waals surface area contributed by atoms with Gasteiger partial charge in [0.2, 0.25) is 0 Å². The molecule has 0 unspecified atom stereocenters. The average molecular weight is 473 g/mol. The maximum Gasteiger partial charge on any atom is 0.424 e. The maximum atomic E-state index is 13.1. The quantitative estimate of drug-likeness (QED) is 0.266. The summed E-state index contributed by atoms with van der Waals surface area (Å²) in [6.07, 6.45) is -1.03. The third kappa shape index (κ3) is 6.46. The minimum absolute atomic E-state index is 0.271. The molecule has 1 aromatic heterocycles. The lowest BCUT2D eigenvalue weighted by molar-refractivity contribution is -0.607. The van der Waals surface area contributed by atoms with E-state index >= 15 is 0 Å². The van der Waals surface area contributed by atoms with Gasteiger partial charge in [-0.1, -0.05) is 18.2 Å². The number of amides is 2. The van der Waals surface area contributed by atoms with Gasteiger partial charge in [0.05, 0.1) is 7.11 Å². The smallest absolute Gasteiger partial charge is 0.424 e. The van der Waals surface area contributed by atoms with Gasteiger partial charge < -0.3 is 19.4 Å². The second kappa shape index (κ2) is 9.70. The number of anilines is 1. The summed E-state index contributed by atoms with van der Waals surface area (Å²) in [4.78, 5) is 39.4. The number of carbonyl (C=O) groups excluding carboxylic acids is 3. The Bertz CT molecular complexity index is 1080. The highest BCUT2D eigenvalue weighted by molar-refractivity contribution is 6.13. The fourth-order valence-corrected chi connectivity index (χ4v) is 2.98. The SMILES string of the molecule is COC(=O)c1c(N(C(=O)OC(C)(C)C)C(=O)OC(C)(C)C)cc(-c2ccc(C)c(C)c2)c[n+]1[O-]. The number of esters is 1. The Balaban J connectivity index is 2.82. The number of pyridine rings is 1. The summed E-state index contributed by atoms with van der Waals surface area (Å²) in [5, 5.41) is 13.0. The van der Waals surface area contributed by atoms with Crippen LogP contribution in [-0.4, -0.2) is 36.5 Å². The Kier molecular flexibility index (Phi) is 7.60. The zero-order valence-electron chi connectivity index (χ0n) is 21.1. The normalized spacial score (nSPS) is 11.6. The molecule has 9 heteroatoms. The van der Waals surface area contributed by atoms with Gasteiger partial charge in [-0.05, 0) is 78.1 Å². The van der Waals surface area contributed by atoms with E-state index < -0.39 is 35.1 Å². The third-order valence-corrected chi connectivity index (χ3v) is 4.62. The van der Waals surface area contributed by atoms with Gasteiger partial charge in [0.1, 0.15) is 16.9 Å². The van der Waals surface area contributed by atoms with Gasteiger partial charge in [-0.3, -0.25) is 0 Å². The largest absolute Gasteiger partial charge is 0.618 e. The molecule has 0 fully saturated rings. The summed E-state index contributed by atoms with van der Waals surface area (Å²) in [6.45, 7) is 13.6. The maximum absolute atomic E-state index is 13.1. The van der Waals surface area contributed by atoms with Crippen molar-refractivity contribution >= 4 is 23.8 Å². The first-order valence-corrected chi connectivity index (χ1v) is 10.7. The van der Waals surface area contributed by atoms with Crippen molar-refractivity contribution in [2.75, 3.05) is 12.0 Å². The summed E-state index contributed by atoms with van der Waals surface area (Å²) in [6, 6.07) is 6.92. The number of aryl methyl sites for hydroxylation is 2. The van der Waals surface area contributed by atoms with Crippen LogP contribution < -0.4 is 9.63 Å². The molecule has 2 rings (SSSR count). The van der Waals surface area contributed by atoms with Crippen LogP contribution >= 0.6 is 0 Å². The van der Waals surface area contributed by atoms with E-state index in [-0.39, 0.29) is 10.4 Å². The zero-order chi connectivity index (χ0) is 26.0. The number of imide groups is 1. The van der Waals surface area contributed by atoms with Crippen molar-refractivity contribution < 1.29 is 33.3 Å². The Hall–Kier alpha value is -3.62. The predicted molar refractivity (Wildman–Crippen MR) is 127 cm³/mol. The molecule has 0 bridgehead atoms. The fraction of sp³-hybridized carbons (Fsp3) is 0.440. The number of benzene rings is 1. The lowest BCUT2D eigenvalue weighted by Gasteiger charge is -2.28. The van der Waals surface area contributed by atoms with Gasteiger partial charge in [-0.2, -0.15) is 9.63 Å². The number of ether oxygens (including phenoxy) is 3. The minimum atomic E-state index is -1.11. The first kappa shape index (κ1) is 26.6. The van der Waals surface area contributed by atoms with E-state index in [1.807, 2.05) is 26.0 Å². The molecule has 0 atom stereocenters. The number of hydrogen-bond acceptors (Lipinski definition) is 7. The number of aromatic nitrogens is 1. The minimum Gasteiger partial charge on any atom is -0.618 e. The monoisotopic (exact) mass is 472 g/mol. The molecule has 0 saturated heterocycles. The third-order valence-electron chi connectivity index (χ3n) is 4.62. The van der Waals surface area contributed by atoms with Crippen molar-refractivity contribution in [3.8, 4) is 11.1 Å². The second-order valence-electron chi connectivity index (χ2n) is 9.88. The standard InChI is InChI=1S/C25H32N2O7/c1-15-10-11-17(12-16(15)2)18-13-19(20(21(28)32-9)26(31)14-18)27(22(29)33-24(3,4)5)23(30)34-25(6,7)8/h10-14H,1-9H3. The summed E-state index contributed by atoms with van der Waals surface area (Å²) in [5.74, 6) is -1.03. The average Bonchev–Trinajstić information content (AvgIpc) is 2.66. The zero-order valence-corrected chi connectivity index (χ0v) is 21.1. The predicted octanol–water partition coefficient (Wildman–Crippen LogP) is 5.07. The number of nitrogens with zero attached hydrogens (tertiary/aromatic N) is 2. The Morgan fingerprint density at radius 3 is 1.82 bits per heavy atom. The molecule has 2 amide bonds. The van der Waals surface area contributed by atoms with Gasteiger partial charge in [0.25, 0.3) is 0 Å². The molecule has 0 N–H and O–H groups in total. The number of rotatable bonds is 3. The molecule has 1 aromatic carbocycles. The molecular formula is C25H32N2O7. The molecule has 0 radical (unpaired) electrons. The molecule has 0 aliphatic rings. The van der Waals surface area contributed by atoms with E-state index in [1.165, 1.54) is 12.3 Å². The van der Waals surface area contributed by atoms with E-state index in [4.69, 9.17) is 14.2 Å². The summed E-state index contributed by atoms with van der Waals surface area (Å²) in [7, 11) is 1.09. The molecule has 0 aliphatic carbocycles. The van der Waals surface area contributed by atoms with E-state index in [1.54, 1.807) is 47.6 Å². The highest BCUT2D eigenvalue weighted by Gasteiger charge is 2.39. The van der Waals surface area contributed by atoms with Gasteiger partial charge in [-0.15, -0.1) is 0 Å². The molecule has 1 heterocycles. The highest BCUT2D eigenvalue weighted by Crippen LogP contribution is 2.30. The van der Waals surface area contributed by atoms with Crippen LogP contribution in [0.25, 0.3) is 11.1 Å². The van der Waals surface area contributed by atoms with Gasteiger partial charge in [-0.25, -0.2) is 14.4 Å². The summed E-state index contributed by atoms with van der Waals surface area (Å²) >= 11 is 0. The van der Waals surface area contributed by atoms with Crippen molar-refractivity contribution in [3.63, 3.8) is 0 Å². The first-order valence-electron chi connectivity index (χ1n) is 10.7. The topological polar surface area (TPSA) is 109 Å². The van der Waals surface area contributed by atoms with Crippen LogP contribution in [0.5, 0.6) is 0 Å². The number of carbonyl (C=O) groups is 3. The molecule has 184 valence electrons. The molecule has 0 saturated carbocycles. The van der Waals surface area contributed by atoms with Crippen LogP contribution in [0.3, 0.4) is 0 Å². The molecule has 0 spiro atoms. The Morgan fingerprint density at radius 2 is 1.38 bits per heavy atom. The van der Waals surface area contributed by atoms with Crippen molar-refractivity contribution in [2.24, 2.45) is 0 Å². The number of hydrogen-bond donors (Lipinski definition) is 0. The van der Waals surface area contributed by atoms with E-state index in [2.05, 4.69) is 0 Å². The van der Waals surface area contributed by atoms with E-state index in [0.717, 1.165) is 18.2 Å². The van der Waals surface area contributed by atoms with Crippen molar-refractivity contribution in [1.29, 1.82) is 0 Å². The van der Waals surface area contributed by atoms with E-state index in [9.17, 15) is 19.6 Å². The van der Waals surface area contributed by atoms with Crippen LogP contribution in [0.2, 0.25) is 0 Å². The summed E-state index contributed by atoms with van der Waals surface area (Å²) < 4.78 is 15.8. The van der Waals surface area contributed by atoms with Gasteiger partial charge in [0.15, 0.2) is 6.20 Å².